The van der Waals surface area contributed by atoms with Gasteiger partial charge in [-0.2, -0.15) is 0 Å². The molecule has 0 aliphatic heterocycles. The van der Waals surface area contributed by atoms with Crippen molar-refractivity contribution in [3.8, 4) is 5.75 Å². The van der Waals surface area contributed by atoms with Crippen molar-refractivity contribution >= 4 is 21.8 Å². The van der Waals surface area contributed by atoms with Gasteiger partial charge >= 0.3 is 0 Å². The molecule has 0 saturated carbocycles. The maximum Gasteiger partial charge on any atom is 0.239 e. The van der Waals surface area contributed by atoms with E-state index in [4.69, 9.17) is 10.5 Å². The number of carbonyl (C=O) groups excluding carboxylic acids is 1. The van der Waals surface area contributed by atoms with Gasteiger partial charge in [0.15, 0.2) is 0 Å². The van der Waals surface area contributed by atoms with Gasteiger partial charge in [0, 0.05) is 4.47 Å². The van der Waals surface area contributed by atoms with E-state index < -0.39 is 11.9 Å². The Labute approximate surface area is 116 Å². The first kappa shape index (κ1) is 15.0. The average Bonchev–Trinajstić information content (AvgIpc) is 2.30. The van der Waals surface area contributed by atoms with Gasteiger partial charge in [-0.3, -0.25) is 4.79 Å². The molecule has 5 heteroatoms. The highest BCUT2D eigenvalue weighted by Gasteiger charge is 2.20. The number of halogens is 1. The Hall–Kier alpha value is -1.07. The van der Waals surface area contributed by atoms with Gasteiger partial charge in [-0.05, 0) is 36.2 Å². The minimum absolute atomic E-state index is 0.399. The molecule has 0 heterocycles. The molecule has 1 rings (SSSR count). The molecule has 3 N–H and O–H groups in total. The number of rotatable bonds is 6. The van der Waals surface area contributed by atoms with Crippen LogP contribution >= 0.6 is 15.9 Å². The third-order valence-corrected chi connectivity index (χ3v) is 3.25. The molecule has 1 amide bonds. The fourth-order valence-corrected chi connectivity index (χ4v) is 2.06. The highest BCUT2D eigenvalue weighted by atomic mass is 79.9. The molecule has 1 unspecified atom stereocenters. The summed E-state index contributed by atoms with van der Waals surface area (Å²) in [7, 11) is 1.59. The summed E-state index contributed by atoms with van der Waals surface area (Å²) in [6.45, 7) is 4.87. The molecular formula is C13H19BrN2O2. The quantitative estimate of drug-likeness (QED) is 0.846. The lowest BCUT2D eigenvalue weighted by molar-refractivity contribution is -0.120. The summed E-state index contributed by atoms with van der Waals surface area (Å²) in [6.07, 6.45) is 0. The van der Waals surface area contributed by atoms with E-state index in [-0.39, 0.29) is 0 Å². The van der Waals surface area contributed by atoms with E-state index in [9.17, 15) is 4.79 Å². The second kappa shape index (κ2) is 6.75. The second-order valence-electron chi connectivity index (χ2n) is 4.52. The van der Waals surface area contributed by atoms with Crippen LogP contribution in [0, 0.1) is 5.92 Å². The zero-order valence-electron chi connectivity index (χ0n) is 10.9. The van der Waals surface area contributed by atoms with E-state index in [0.717, 1.165) is 16.6 Å². The topological polar surface area (TPSA) is 64.3 Å². The van der Waals surface area contributed by atoms with Crippen molar-refractivity contribution in [2.75, 3.05) is 13.7 Å². The van der Waals surface area contributed by atoms with Crippen LogP contribution < -0.4 is 15.8 Å². The Morgan fingerprint density at radius 1 is 1.50 bits per heavy atom. The minimum Gasteiger partial charge on any atom is -0.497 e. The smallest absolute Gasteiger partial charge is 0.239 e. The van der Waals surface area contributed by atoms with E-state index in [0.29, 0.717) is 11.7 Å². The molecule has 100 valence electrons. The number of carbonyl (C=O) groups is 1. The molecular weight excluding hydrogens is 296 g/mol. The summed E-state index contributed by atoms with van der Waals surface area (Å²) in [5, 5.41) is 3.17. The third kappa shape index (κ3) is 3.99. The Morgan fingerprint density at radius 2 is 2.17 bits per heavy atom. The predicted molar refractivity (Wildman–Crippen MR) is 75.5 cm³/mol. The third-order valence-electron chi connectivity index (χ3n) is 2.53. The van der Waals surface area contributed by atoms with Gasteiger partial charge in [-0.25, -0.2) is 0 Å². The zero-order chi connectivity index (χ0) is 13.7. The van der Waals surface area contributed by atoms with E-state index in [1.54, 1.807) is 7.11 Å². The maximum atomic E-state index is 11.6. The number of amides is 1. The first-order valence-electron chi connectivity index (χ1n) is 5.81. The number of hydrogen-bond acceptors (Lipinski definition) is 3. The first-order chi connectivity index (χ1) is 8.45. The monoisotopic (exact) mass is 314 g/mol. The second-order valence-corrected chi connectivity index (χ2v) is 5.38. The average molecular weight is 315 g/mol. The zero-order valence-corrected chi connectivity index (χ0v) is 12.5. The maximum absolute atomic E-state index is 11.6. The van der Waals surface area contributed by atoms with E-state index in [2.05, 4.69) is 35.1 Å². The number of nitrogens with two attached hydrogens (primary N) is 1. The van der Waals surface area contributed by atoms with Crippen molar-refractivity contribution < 1.29 is 9.53 Å². The van der Waals surface area contributed by atoms with Crippen LogP contribution in [0.4, 0.5) is 0 Å². The largest absolute Gasteiger partial charge is 0.497 e. The highest BCUT2D eigenvalue weighted by Crippen LogP contribution is 2.27. The number of ether oxygens (including phenoxy) is 1. The van der Waals surface area contributed by atoms with Crippen LogP contribution in [0.15, 0.2) is 22.7 Å². The molecule has 0 aliphatic carbocycles. The number of nitrogens with one attached hydrogen (secondary N) is 1. The van der Waals surface area contributed by atoms with Crippen LogP contribution in [0.3, 0.4) is 0 Å². The van der Waals surface area contributed by atoms with Crippen molar-refractivity contribution in [3.63, 3.8) is 0 Å². The molecule has 0 bridgehead atoms. The molecule has 0 spiro atoms. The summed E-state index contributed by atoms with van der Waals surface area (Å²) in [6, 6.07) is 4.97. The lowest BCUT2D eigenvalue weighted by Gasteiger charge is -2.19. The molecule has 18 heavy (non-hydrogen) atoms. The fourth-order valence-electron chi connectivity index (χ4n) is 1.59. The molecule has 1 atom stereocenters. The summed E-state index contributed by atoms with van der Waals surface area (Å²) in [5.74, 6) is 0.742. The van der Waals surface area contributed by atoms with Gasteiger partial charge in [-0.15, -0.1) is 0 Å². The standard InChI is InChI=1S/C13H19BrN2O2/c1-8(2)7-16-12(13(15)17)10-6-9(18-3)4-5-11(10)14/h4-6,8,12,16H,7H2,1-3H3,(H2,15,17). The normalized spacial score (nSPS) is 12.5. The van der Waals surface area contributed by atoms with Crippen molar-refractivity contribution in [1.29, 1.82) is 0 Å². The van der Waals surface area contributed by atoms with Gasteiger partial charge in [-0.1, -0.05) is 29.8 Å². The van der Waals surface area contributed by atoms with Gasteiger partial charge < -0.3 is 15.8 Å². The molecule has 1 aromatic carbocycles. The Kier molecular flexibility index (Phi) is 5.62. The molecule has 0 radical (unpaired) electrons. The summed E-state index contributed by atoms with van der Waals surface area (Å²) >= 11 is 3.43. The van der Waals surface area contributed by atoms with Crippen LogP contribution in [-0.2, 0) is 4.79 Å². The first-order valence-corrected chi connectivity index (χ1v) is 6.61. The number of hydrogen-bond donors (Lipinski definition) is 2. The van der Waals surface area contributed by atoms with Crippen LogP contribution in [0.5, 0.6) is 5.75 Å². The molecule has 1 aromatic rings. The Bertz CT molecular complexity index is 421. The lowest BCUT2D eigenvalue weighted by Crippen LogP contribution is -2.35. The minimum atomic E-state index is -0.517. The molecule has 0 aliphatic rings. The van der Waals surface area contributed by atoms with Gasteiger partial charge in [0.05, 0.1) is 7.11 Å². The van der Waals surface area contributed by atoms with Gasteiger partial charge in [0.25, 0.3) is 0 Å². The van der Waals surface area contributed by atoms with Crippen LogP contribution in [0.2, 0.25) is 0 Å². The number of benzene rings is 1. The van der Waals surface area contributed by atoms with Crippen molar-refractivity contribution in [1.82, 2.24) is 5.32 Å². The SMILES string of the molecule is COc1ccc(Br)c(C(NCC(C)C)C(N)=O)c1. The highest BCUT2D eigenvalue weighted by molar-refractivity contribution is 9.10. The molecule has 0 fully saturated rings. The van der Waals surface area contributed by atoms with Gasteiger partial charge in [0.1, 0.15) is 11.8 Å². The van der Waals surface area contributed by atoms with Crippen molar-refractivity contribution in [2.24, 2.45) is 11.7 Å². The summed E-state index contributed by atoms with van der Waals surface area (Å²) in [5.41, 5.74) is 6.25. The molecule has 0 saturated heterocycles. The van der Waals surface area contributed by atoms with E-state index in [1.165, 1.54) is 0 Å². The van der Waals surface area contributed by atoms with Crippen LogP contribution in [0.25, 0.3) is 0 Å². The number of primary amides is 1. The van der Waals surface area contributed by atoms with E-state index in [1.807, 2.05) is 18.2 Å². The number of methoxy groups -OCH3 is 1. The molecule has 4 nitrogen and oxygen atoms in total. The van der Waals surface area contributed by atoms with Crippen molar-refractivity contribution in [2.45, 2.75) is 19.9 Å². The summed E-state index contributed by atoms with van der Waals surface area (Å²) < 4.78 is 6.00. The van der Waals surface area contributed by atoms with Crippen molar-refractivity contribution in [3.05, 3.63) is 28.2 Å². The Balaban J connectivity index is 3.01. The lowest BCUT2D eigenvalue weighted by atomic mass is 10.1. The Morgan fingerprint density at radius 3 is 2.67 bits per heavy atom. The van der Waals surface area contributed by atoms with Gasteiger partial charge in [0.2, 0.25) is 5.91 Å². The molecule has 0 aromatic heterocycles. The summed E-state index contributed by atoms with van der Waals surface area (Å²) in [4.78, 5) is 11.6. The predicted octanol–water partition coefficient (Wildman–Crippen LogP) is 2.23. The van der Waals surface area contributed by atoms with Crippen LogP contribution in [-0.4, -0.2) is 19.6 Å². The van der Waals surface area contributed by atoms with Crippen LogP contribution in [0.1, 0.15) is 25.5 Å². The van der Waals surface area contributed by atoms with E-state index >= 15 is 0 Å². The fraction of sp³-hybridized carbons (Fsp3) is 0.462.